The third-order valence-corrected chi connectivity index (χ3v) is 6.95. The van der Waals surface area contributed by atoms with Crippen molar-refractivity contribution in [1.82, 2.24) is 14.8 Å². The Morgan fingerprint density at radius 3 is 2.70 bits per heavy atom. The van der Waals surface area contributed by atoms with Gasteiger partial charge in [-0.05, 0) is 29.4 Å². The first-order valence-electron chi connectivity index (χ1n) is 9.07. The molecule has 0 aliphatic heterocycles. The van der Waals surface area contributed by atoms with Crippen molar-refractivity contribution >= 4 is 39.0 Å². The Morgan fingerprint density at radius 1 is 1.19 bits per heavy atom. The van der Waals surface area contributed by atoms with E-state index in [1.165, 1.54) is 17.1 Å². The number of nitrogens with zero attached hydrogens (tertiary/aromatic N) is 3. The molecule has 0 unspecified atom stereocenters. The van der Waals surface area contributed by atoms with E-state index in [-0.39, 0.29) is 0 Å². The standard InChI is InChI=1S/C21H22N4S2/c1-3-4-10-26-21-19(22)18-16(14-8-6-5-7-9-14)11-17(24-20(18)27-21)15-12-23-25(2)13-15/h5-9,11-13H,3-4,10,22H2,1-2H3. The first-order chi connectivity index (χ1) is 13.2. The lowest BCUT2D eigenvalue weighted by Crippen LogP contribution is -1.91. The number of unbranched alkanes of at least 4 members (excludes halogenated alkanes) is 1. The number of nitrogen functional groups attached to an aromatic ring is 1. The molecule has 3 aromatic heterocycles. The second kappa shape index (κ2) is 7.74. The predicted molar refractivity (Wildman–Crippen MR) is 117 cm³/mol. The Labute approximate surface area is 167 Å². The van der Waals surface area contributed by atoms with Gasteiger partial charge in [0.1, 0.15) is 4.83 Å². The van der Waals surface area contributed by atoms with Crippen molar-refractivity contribution in [2.75, 3.05) is 11.5 Å². The maximum Gasteiger partial charge on any atom is 0.127 e. The number of hydrogen-bond donors (Lipinski definition) is 1. The average molecular weight is 395 g/mol. The number of aryl methyl sites for hydroxylation is 1. The number of pyridine rings is 1. The zero-order valence-electron chi connectivity index (χ0n) is 15.5. The van der Waals surface area contributed by atoms with Crippen LogP contribution in [0.5, 0.6) is 0 Å². The van der Waals surface area contributed by atoms with E-state index in [4.69, 9.17) is 10.7 Å². The van der Waals surface area contributed by atoms with Gasteiger partial charge in [-0.25, -0.2) is 4.98 Å². The second-order valence-electron chi connectivity index (χ2n) is 6.51. The molecule has 3 heterocycles. The van der Waals surface area contributed by atoms with Crippen LogP contribution in [0.3, 0.4) is 0 Å². The highest BCUT2D eigenvalue weighted by Crippen LogP contribution is 2.45. The summed E-state index contributed by atoms with van der Waals surface area (Å²) >= 11 is 3.54. The maximum atomic E-state index is 6.59. The van der Waals surface area contributed by atoms with Crippen LogP contribution in [0.4, 0.5) is 5.69 Å². The molecule has 0 spiro atoms. The van der Waals surface area contributed by atoms with Crippen molar-refractivity contribution in [3.05, 3.63) is 48.8 Å². The van der Waals surface area contributed by atoms with Crippen LogP contribution in [0.15, 0.2) is 53.0 Å². The van der Waals surface area contributed by atoms with Gasteiger partial charge in [0.25, 0.3) is 0 Å². The third kappa shape index (κ3) is 3.59. The van der Waals surface area contributed by atoms with Gasteiger partial charge in [-0.15, -0.1) is 23.1 Å². The zero-order valence-corrected chi connectivity index (χ0v) is 17.1. The molecule has 4 aromatic rings. The summed E-state index contributed by atoms with van der Waals surface area (Å²) in [7, 11) is 1.92. The van der Waals surface area contributed by atoms with E-state index in [0.717, 1.165) is 44.0 Å². The summed E-state index contributed by atoms with van der Waals surface area (Å²) < 4.78 is 2.98. The summed E-state index contributed by atoms with van der Waals surface area (Å²) in [6.07, 6.45) is 6.24. The van der Waals surface area contributed by atoms with Gasteiger partial charge in [-0.1, -0.05) is 43.7 Å². The third-order valence-electron chi connectivity index (χ3n) is 4.48. The van der Waals surface area contributed by atoms with Crippen LogP contribution in [0.2, 0.25) is 0 Å². The highest BCUT2D eigenvalue weighted by atomic mass is 32.2. The molecule has 1 aromatic carbocycles. The van der Waals surface area contributed by atoms with Gasteiger partial charge in [0.05, 0.1) is 21.8 Å². The van der Waals surface area contributed by atoms with E-state index in [9.17, 15) is 0 Å². The SMILES string of the molecule is CCCCSc1sc2nc(-c3cnn(C)c3)cc(-c3ccccc3)c2c1N. The van der Waals surface area contributed by atoms with Gasteiger partial charge >= 0.3 is 0 Å². The Hall–Kier alpha value is -2.31. The van der Waals surface area contributed by atoms with Crippen LogP contribution in [-0.4, -0.2) is 20.5 Å². The molecule has 0 bridgehead atoms. The lowest BCUT2D eigenvalue weighted by Gasteiger charge is -2.07. The highest BCUT2D eigenvalue weighted by Gasteiger charge is 2.18. The molecule has 0 atom stereocenters. The Morgan fingerprint density at radius 2 is 2.00 bits per heavy atom. The molecule has 0 fully saturated rings. The van der Waals surface area contributed by atoms with Gasteiger partial charge in [-0.3, -0.25) is 4.68 Å². The van der Waals surface area contributed by atoms with Crippen molar-refractivity contribution in [2.24, 2.45) is 7.05 Å². The normalized spacial score (nSPS) is 11.3. The molecule has 4 rings (SSSR count). The summed E-state index contributed by atoms with van der Waals surface area (Å²) in [6.45, 7) is 2.21. The van der Waals surface area contributed by atoms with Crippen LogP contribution < -0.4 is 5.73 Å². The molecule has 6 heteroatoms. The maximum absolute atomic E-state index is 6.59. The molecule has 0 saturated heterocycles. The lowest BCUT2D eigenvalue weighted by molar-refractivity contribution is 0.768. The minimum absolute atomic E-state index is 0.861. The molecule has 0 radical (unpaired) electrons. The van der Waals surface area contributed by atoms with Crippen LogP contribution in [-0.2, 0) is 7.05 Å². The molecule has 0 aliphatic rings. The lowest BCUT2D eigenvalue weighted by atomic mass is 10.0. The van der Waals surface area contributed by atoms with Gasteiger partial charge in [0.15, 0.2) is 0 Å². The number of nitrogens with two attached hydrogens (primary N) is 1. The van der Waals surface area contributed by atoms with Crippen molar-refractivity contribution in [2.45, 2.75) is 24.0 Å². The second-order valence-corrected chi connectivity index (χ2v) is 8.87. The van der Waals surface area contributed by atoms with Gasteiger partial charge in [0, 0.05) is 24.2 Å². The van der Waals surface area contributed by atoms with Crippen LogP contribution in [0, 0.1) is 0 Å². The quantitative estimate of drug-likeness (QED) is 0.330. The van der Waals surface area contributed by atoms with Crippen molar-refractivity contribution < 1.29 is 0 Å². The van der Waals surface area contributed by atoms with Crippen molar-refractivity contribution in [3.63, 3.8) is 0 Å². The fourth-order valence-electron chi connectivity index (χ4n) is 3.06. The largest absolute Gasteiger partial charge is 0.397 e. The Bertz CT molecular complexity index is 1070. The summed E-state index contributed by atoms with van der Waals surface area (Å²) in [5.41, 5.74) is 11.7. The number of aromatic nitrogens is 3. The van der Waals surface area contributed by atoms with Crippen molar-refractivity contribution in [3.8, 4) is 22.4 Å². The number of rotatable bonds is 6. The van der Waals surface area contributed by atoms with Crippen molar-refractivity contribution in [1.29, 1.82) is 0 Å². The minimum atomic E-state index is 0.861. The molecule has 0 amide bonds. The number of hydrogen-bond acceptors (Lipinski definition) is 5. The first-order valence-corrected chi connectivity index (χ1v) is 10.9. The number of thiophene rings is 1. The monoisotopic (exact) mass is 394 g/mol. The Kier molecular flexibility index (Phi) is 5.18. The van der Waals surface area contributed by atoms with Gasteiger partial charge in [-0.2, -0.15) is 5.10 Å². The molecular weight excluding hydrogens is 372 g/mol. The molecule has 27 heavy (non-hydrogen) atoms. The van der Waals surface area contributed by atoms with Crippen LogP contribution >= 0.6 is 23.1 Å². The number of fused-ring (bicyclic) bond motifs is 1. The smallest absolute Gasteiger partial charge is 0.127 e. The highest BCUT2D eigenvalue weighted by molar-refractivity contribution is 8.01. The molecule has 0 aliphatic carbocycles. The molecule has 2 N–H and O–H groups in total. The number of anilines is 1. The summed E-state index contributed by atoms with van der Waals surface area (Å²) in [6, 6.07) is 12.5. The molecule has 138 valence electrons. The molecule has 0 saturated carbocycles. The van der Waals surface area contributed by atoms with Gasteiger partial charge in [0.2, 0.25) is 0 Å². The molecular formula is C21H22N4S2. The van der Waals surface area contributed by atoms with E-state index in [2.05, 4.69) is 42.4 Å². The zero-order chi connectivity index (χ0) is 18.8. The van der Waals surface area contributed by atoms with E-state index >= 15 is 0 Å². The fourth-order valence-corrected chi connectivity index (χ4v) is 5.52. The number of thioether (sulfide) groups is 1. The van der Waals surface area contributed by atoms with Gasteiger partial charge < -0.3 is 5.73 Å². The van der Waals surface area contributed by atoms with E-state index in [1.54, 1.807) is 16.0 Å². The van der Waals surface area contributed by atoms with Crippen LogP contribution in [0.1, 0.15) is 19.8 Å². The topological polar surface area (TPSA) is 56.7 Å². The summed E-state index contributed by atoms with van der Waals surface area (Å²) in [5.74, 6) is 1.09. The predicted octanol–water partition coefficient (Wildman–Crippen LogP) is 5.84. The first kappa shape index (κ1) is 18.1. The molecule has 4 nitrogen and oxygen atoms in total. The average Bonchev–Trinajstić information content (AvgIpc) is 3.26. The van der Waals surface area contributed by atoms with E-state index in [1.807, 2.05) is 37.3 Å². The van der Waals surface area contributed by atoms with Crippen LogP contribution in [0.25, 0.3) is 32.6 Å². The van der Waals surface area contributed by atoms with E-state index < -0.39 is 0 Å². The fraction of sp³-hybridized carbons (Fsp3) is 0.238. The summed E-state index contributed by atoms with van der Waals surface area (Å²) in [5, 5.41) is 5.37. The Balaban J connectivity index is 1.90. The number of benzene rings is 1. The van der Waals surface area contributed by atoms with E-state index in [0.29, 0.717) is 0 Å². The minimum Gasteiger partial charge on any atom is -0.397 e. The summed E-state index contributed by atoms with van der Waals surface area (Å²) in [4.78, 5) is 5.92.